The van der Waals surface area contributed by atoms with Crippen LogP contribution in [0.4, 0.5) is 0 Å². The number of unbranched alkanes of at least 4 members (excludes halogenated alkanes) is 3. The Kier molecular flexibility index (Phi) is 7.99. The van der Waals surface area contributed by atoms with E-state index >= 15 is 0 Å². The number of hydrogen-bond donors (Lipinski definition) is 2. The third-order valence-electron chi connectivity index (χ3n) is 4.17. The van der Waals surface area contributed by atoms with Gasteiger partial charge in [-0.05, 0) is 42.5 Å². The molecule has 2 aromatic carbocycles. The number of aliphatic carboxylic acids is 1. The lowest BCUT2D eigenvalue weighted by molar-refractivity contribution is -0.138. The maximum absolute atomic E-state index is 10.6. The Morgan fingerprint density at radius 1 is 0.920 bits per heavy atom. The fraction of sp³-hybridized carbons (Fsp3) is 0.381. The predicted molar refractivity (Wildman–Crippen MR) is 99.9 cm³/mol. The van der Waals surface area contributed by atoms with Gasteiger partial charge in [-0.2, -0.15) is 0 Å². The van der Waals surface area contributed by atoms with Gasteiger partial charge in [0, 0.05) is 0 Å². The highest BCUT2D eigenvalue weighted by molar-refractivity contribution is 5.72. The van der Waals surface area contributed by atoms with Crippen molar-refractivity contribution in [3.63, 3.8) is 0 Å². The van der Waals surface area contributed by atoms with Crippen molar-refractivity contribution in [1.82, 2.24) is 0 Å². The zero-order valence-corrected chi connectivity index (χ0v) is 14.6. The monoisotopic (exact) mass is 341 g/mol. The average Bonchev–Trinajstić information content (AvgIpc) is 2.63. The Bertz CT molecular complexity index is 625. The minimum atomic E-state index is -0.918. The zero-order chi connectivity index (χ0) is 17.9. The molecule has 1 atom stereocenters. The van der Waals surface area contributed by atoms with Gasteiger partial charge in [-0.1, -0.05) is 61.7 Å². The van der Waals surface area contributed by atoms with E-state index in [4.69, 9.17) is 15.6 Å². The Morgan fingerprint density at radius 2 is 1.56 bits per heavy atom. The molecule has 0 bridgehead atoms. The number of hydrogen-bond acceptors (Lipinski definition) is 3. The molecule has 0 heterocycles. The van der Waals surface area contributed by atoms with Gasteiger partial charge in [0.2, 0.25) is 0 Å². The van der Waals surface area contributed by atoms with Crippen LogP contribution in [0.25, 0.3) is 0 Å². The Morgan fingerprint density at radius 3 is 2.24 bits per heavy atom. The molecule has 4 nitrogen and oxygen atoms in total. The summed E-state index contributed by atoms with van der Waals surface area (Å²) in [6.07, 6.45) is 5.30. The zero-order valence-electron chi connectivity index (χ0n) is 14.6. The molecule has 3 N–H and O–H groups in total. The lowest BCUT2D eigenvalue weighted by Gasteiger charge is -2.08. The van der Waals surface area contributed by atoms with Gasteiger partial charge < -0.3 is 15.6 Å². The molecule has 0 saturated carbocycles. The average molecular weight is 341 g/mol. The van der Waals surface area contributed by atoms with Crippen molar-refractivity contribution in [3.8, 4) is 5.75 Å². The lowest BCUT2D eigenvalue weighted by atomic mass is 10.1. The second-order valence-electron chi connectivity index (χ2n) is 6.30. The molecule has 0 aliphatic carbocycles. The molecule has 0 aromatic heterocycles. The molecule has 0 radical (unpaired) electrons. The summed E-state index contributed by atoms with van der Waals surface area (Å²) in [6.45, 7) is 0.684. The van der Waals surface area contributed by atoms with Crippen LogP contribution < -0.4 is 10.5 Å². The first-order valence-electron chi connectivity index (χ1n) is 8.89. The van der Waals surface area contributed by atoms with Crippen molar-refractivity contribution in [2.75, 3.05) is 6.61 Å². The highest BCUT2D eigenvalue weighted by Gasteiger charge is 2.09. The quantitative estimate of drug-likeness (QED) is 0.606. The lowest BCUT2D eigenvalue weighted by Crippen LogP contribution is -2.29. The third-order valence-corrected chi connectivity index (χ3v) is 4.17. The topological polar surface area (TPSA) is 72.5 Å². The number of rotatable bonds is 11. The Balaban J connectivity index is 1.59. The first kappa shape index (κ1) is 19.0. The fourth-order valence-electron chi connectivity index (χ4n) is 2.67. The maximum atomic E-state index is 10.6. The molecule has 2 rings (SSSR count). The molecule has 0 saturated heterocycles. The summed E-state index contributed by atoms with van der Waals surface area (Å²) in [5.41, 5.74) is 8.05. The van der Waals surface area contributed by atoms with Gasteiger partial charge >= 0.3 is 5.97 Å². The maximum Gasteiger partial charge on any atom is 0.320 e. The standard InChI is InChI=1S/C21H27NO3/c22-20(21(23)24)10-6-1-2-7-15-25-19-13-11-18(12-14-19)16-17-8-4-3-5-9-17/h3-5,8-9,11-14,20H,1-2,6-7,10,15-16,22H2,(H,23,24)/t20-/m0/s1. The number of nitrogens with two attached hydrogens (primary N) is 1. The van der Waals surface area contributed by atoms with Crippen LogP contribution in [0.3, 0.4) is 0 Å². The van der Waals surface area contributed by atoms with Gasteiger partial charge in [-0.3, -0.25) is 4.79 Å². The normalized spacial score (nSPS) is 11.9. The van der Waals surface area contributed by atoms with Crippen LogP contribution in [0.15, 0.2) is 54.6 Å². The van der Waals surface area contributed by atoms with E-state index in [0.717, 1.165) is 37.9 Å². The van der Waals surface area contributed by atoms with Gasteiger partial charge in [-0.15, -0.1) is 0 Å². The molecular weight excluding hydrogens is 314 g/mol. The van der Waals surface area contributed by atoms with Crippen molar-refractivity contribution >= 4 is 5.97 Å². The molecule has 25 heavy (non-hydrogen) atoms. The molecule has 0 aliphatic rings. The van der Waals surface area contributed by atoms with E-state index < -0.39 is 12.0 Å². The molecule has 0 unspecified atom stereocenters. The number of benzene rings is 2. The Hall–Kier alpha value is -2.33. The van der Waals surface area contributed by atoms with Crippen LogP contribution >= 0.6 is 0 Å². The van der Waals surface area contributed by atoms with Crippen LogP contribution in [-0.4, -0.2) is 23.7 Å². The molecule has 134 valence electrons. The Labute approximate surface area is 149 Å². The molecular formula is C21H27NO3. The summed E-state index contributed by atoms with van der Waals surface area (Å²) in [5, 5.41) is 8.71. The van der Waals surface area contributed by atoms with Crippen LogP contribution in [0.5, 0.6) is 5.75 Å². The van der Waals surface area contributed by atoms with Gasteiger partial charge in [0.05, 0.1) is 6.61 Å². The molecule has 0 aliphatic heterocycles. The highest BCUT2D eigenvalue weighted by Crippen LogP contribution is 2.16. The van der Waals surface area contributed by atoms with Gasteiger partial charge in [-0.25, -0.2) is 0 Å². The summed E-state index contributed by atoms with van der Waals surface area (Å²) in [6, 6.07) is 17.9. The van der Waals surface area contributed by atoms with Crippen LogP contribution in [0.1, 0.15) is 43.2 Å². The minimum absolute atomic E-state index is 0.541. The van der Waals surface area contributed by atoms with Crippen molar-refractivity contribution in [1.29, 1.82) is 0 Å². The predicted octanol–water partition coefficient (Wildman–Crippen LogP) is 4.02. The smallest absolute Gasteiger partial charge is 0.320 e. The van der Waals surface area contributed by atoms with Crippen molar-refractivity contribution in [3.05, 3.63) is 65.7 Å². The summed E-state index contributed by atoms with van der Waals surface area (Å²) in [4.78, 5) is 10.6. The van der Waals surface area contributed by atoms with Crippen LogP contribution in [-0.2, 0) is 11.2 Å². The molecule has 2 aromatic rings. The van der Waals surface area contributed by atoms with E-state index in [9.17, 15) is 4.79 Å². The van der Waals surface area contributed by atoms with E-state index in [1.54, 1.807) is 0 Å². The second kappa shape index (κ2) is 10.5. The summed E-state index contributed by atoms with van der Waals surface area (Å²) < 4.78 is 5.76. The summed E-state index contributed by atoms with van der Waals surface area (Å²) >= 11 is 0. The van der Waals surface area contributed by atoms with Crippen molar-refractivity contribution in [2.24, 2.45) is 5.73 Å². The highest BCUT2D eigenvalue weighted by atomic mass is 16.5. The van der Waals surface area contributed by atoms with Gasteiger partial charge in [0.1, 0.15) is 11.8 Å². The van der Waals surface area contributed by atoms with Gasteiger partial charge in [0.15, 0.2) is 0 Å². The summed E-state index contributed by atoms with van der Waals surface area (Å²) in [5.74, 6) is -0.0243. The van der Waals surface area contributed by atoms with Crippen molar-refractivity contribution in [2.45, 2.75) is 44.6 Å². The largest absolute Gasteiger partial charge is 0.494 e. The number of ether oxygens (including phenoxy) is 1. The number of carbonyl (C=O) groups is 1. The fourth-order valence-corrected chi connectivity index (χ4v) is 2.67. The third kappa shape index (κ3) is 7.40. The molecule has 0 amide bonds. The van der Waals surface area contributed by atoms with Crippen LogP contribution in [0, 0.1) is 0 Å². The summed E-state index contributed by atoms with van der Waals surface area (Å²) in [7, 11) is 0. The van der Waals surface area contributed by atoms with E-state index in [1.165, 1.54) is 11.1 Å². The first-order chi connectivity index (χ1) is 12.1. The molecule has 4 heteroatoms. The second-order valence-corrected chi connectivity index (χ2v) is 6.30. The number of carboxylic acids is 1. The van der Waals surface area contributed by atoms with Crippen LogP contribution in [0.2, 0.25) is 0 Å². The van der Waals surface area contributed by atoms with Crippen molar-refractivity contribution < 1.29 is 14.6 Å². The minimum Gasteiger partial charge on any atom is -0.494 e. The van der Waals surface area contributed by atoms with Gasteiger partial charge in [0.25, 0.3) is 0 Å². The molecule has 0 spiro atoms. The van der Waals surface area contributed by atoms with E-state index in [0.29, 0.717) is 13.0 Å². The van der Waals surface area contributed by atoms with E-state index in [1.807, 2.05) is 18.2 Å². The number of carboxylic acid groups (broad SMARTS) is 1. The SMILES string of the molecule is N[C@@H](CCCCCCOc1ccc(Cc2ccccc2)cc1)C(=O)O. The first-order valence-corrected chi connectivity index (χ1v) is 8.89. The van der Waals surface area contributed by atoms with E-state index in [2.05, 4.69) is 36.4 Å². The van der Waals surface area contributed by atoms with E-state index in [-0.39, 0.29) is 0 Å². The molecule has 0 fully saturated rings.